The van der Waals surface area contributed by atoms with Gasteiger partial charge < -0.3 is 24.5 Å². The Bertz CT molecular complexity index is 1300. The number of amides is 1. The number of H-pyrrole nitrogens is 2. The first-order valence-electron chi connectivity index (χ1n) is 10.3. The van der Waals surface area contributed by atoms with Crippen molar-refractivity contribution >= 4 is 33.7 Å². The number of piperazine rings is 1. The molecule has 1 aliphatic rings. The van der Waals surface area contributed by atoms with E-state index in [0.29, 0.717) is 37.2 Å². The Kier molecular flexibility index (Phi) is 4.82. The molecule has 0 aliphatic carbocycles. The lowest BCUT2D eigenvalue weighted by molar-refractivity contribution is 0.0942. The van der Waals surface area contributed by atoms with Gasteiger partial charge in [0.15, 0.2) is 0 Å². The van der Waals surface area contributed by atoms with Crippen molar-refractivity contribution < 1.29 is 9.53 Å². The van der Waals surface area contributed by atoms with Gasteiger partial charge in [0, 0.05) is 42.8 Å². The SMILES string of the molecule is Cc1cc2c(cc1N1CCN(C(=O)OCc3ccccc3)CC1)[nH]c1nc[nH]c(=O)c12. The van der Waals surface area contributed by atoms with Crippen LogP contribution in [-0.2, 0) is 11.3 Å². The Hall–Kier alpha value is -3.81. The number of carbonyl (C=O) groups is 1. The number of aromatic amines is 2. The lowest BCUT2D eigenvalue weighted by atomic mass is 10.1. The quantitative estimate of drug-likeness (QED) is 0.534. The van der Waals surface area contributed by atoms with Gasteiger partial charge in [0.2, 0.25) is 0 Å². The van der Waals surface area contributed by atoms with Crippen LogP contribution in [0.4, 0.5) is 10.5 Å². The van der Waals surface area contributed by atoms with E-state index in [-0.39, 0.29) is 18.3 Å². The first-order chi connectivity index (χ1) is 15.1. The second-order valence-electron chi connectivity index (χ2n) is 7.78. The minimum absolute atomic E-state index is 0.147. The summed E-state index contributed by atoms with van der Waals surface area (Å²) in [4.78, 5) is 38.8. The number of carbonyl (C=O) groups excluding carboxylic acids is 1. The van der Waals surface area contributed by atoms with Crippen LogP contribution in [0.5, 0.6) is 0 Å². The van der Waals surface area contributed by atoms with Gasteiger partial charge >= 0.3 is 6.09 Å². The molecule has 1 aliphatic heterocycles. The topological polar surface area (TPSA) is 94.3 Å². The zero-order valence-corrected chi connectivity index (χ0v) is 17.2. The molecule has 8 heteroatoms. The molecule has 4 aromatic rings. The molecule has 0 saturated carbocycles. The van der Waals surface area contributed by atoms with E-state index in [1.54, 1.807) is 4.90 Å². The van der Waals surface area contributed by atoms with Crippen molar-refractivity contribution in [2.45, 2.75) is 13.5 Å². The summed E-state index contributed by atoms with van der Waals surface area (Å²) in [5.41, 5.74) is 4.46. The van der Waals surface area contributed by atoms with Gasteiger partial charge in [-0.25, -0.2) is 9.78 Å². The fourth-order valence-electron chi connectivity index (χ4n) is 4.16. The third-order valence-corrected chi connectivity index (χ3v) is 5.80. The second kappa shape index (κ2) is 7.79. The summed E-state index contributed by atoms with van der Waals surface area (Å²) in [6, 6.07) is 13.8. The minimum atomic E-state index is -0.281. The van der Waals surface area contributed by atoms with E-state index < -0.39 is 0 Å². The Morgan fingerprint density at radius 3 is 2.68 bits per heavy atom. The van der Waals surface area contributed by atoms with Crippen molar-refractivity contribution in [1.29, 1.82) is 0 Å². The van der Waals surface area contributed by atoms with Gasteiger partial charge in [-0.05, 0) is 30.2 Å². The summed E-state index contributed by atoms with van der Waals surface area (Å²) in [6.45, 7) is 4.94. The number of aromatic nitrogens is 3. The van der Waals surface area contributed by atoms with Crippen LogP contribution in [0.3, 0.4) is 0 Å². The minimum Gasteiger partial charge on any atom is -0.445 e. The fraction of sp³-hybridized carbons (Fsp3) is 0.261. The number of aryl methyl sites for hydroxylation is 1. The van der Waals surface area contributed by atoms with E-state index in [2.05, 4.69) is 25.9 Å². The van der Waals surface area contributed by atoms with Crippen LogP contribution in [-0.4, -0.2) is 52.1 Å². The van der Waals surface area contributed by atoms with E-state index in [0.717, 1.165) is 27.7 Å². The summed E-state index contributed by atoms with van der Waals surface area (Å²) in [5, 5.41) is 1.45. The lowest BCUT2D eigenvalue weighted by Crippen LogP contribution is -2.49. The second-order valence-corrected chi connectivity index (χ2v) is 7.78. The molecule has 158 valence electrons. The van der Waals surface area contributed by atoms with Crippen molar-refractivity contribution in [2.24, 2.45) is 0 Å². The largest absolute Gasteiger partial charge is 0.445 e. The van der Waals surface area contributed by atoms with E-state index in [1.807, 2.05) is 43.3 Å². The Morgan fingerprint density at radius 1 is 1.13 bits per heavy atom. The molecule has 0 spiro atoms. The maximum Gasteiger partial charge on any atom is 0.410 e. The van der Waals surface area contributed by atoms with Crippen LogP contribution >= 0.6 is 0 Å². The molecule has 2 N–H and O–H groups in total. The Labute approximate surface area is 178 Å². The van der Waals surface area contributed by atoms with Crippen LogP contribution in [0.15, 0.2) is 53.6 Å². The van der Waals surface area contributed by atoms with Gasteiger partial charge in [0.25, 0.3) is 5.56 Å². The van der Waals surface area contributed by atoms with Crippen molar-refractivity contribution in [2.75, 3.05) is 31.1 Å². The van der Waals surface area contributed by atoms with Crippen molar-refractivity contribution in [1.82, 2.24) is 19.9 Å². The van der Waals surface area contributed by atoms with Gasteiger partial charge in [0.1, 0.15) is 12.3 Å². The highest BCUT2D eigenvalue weighted by molar-refractivity contribution is 6.06. The molecular formula is C23H23N5O3. The number of anilines is 1. The number of fused-ring (bicyclic) bond motifs is 3. The molecule has 0 unspecified atom stereocenters. The molecule has 2 aromatic heterocycles. The Morgan fingerprint density at radius 2 is 1.90 bits per heavy atom. The van der Waals surface area contributed by atoms with Crippen LogP contribution in [0.25, 0.3) is 21.9 Å². The normalized spacial score (nSPS) is 14.4. The average Bonchev–Trinajstić information content (AvgIpc) is 3.16. The maximum absolute atomic E-state index is 12.4. The van der Waals surface area contributed by atoms with Crippen LogP contribution in [0.2, 0.25) is 0 Å². The fourth-order valence-corrected chi connectivity index (χ4v) is 4.16. The van der Waals surface area contributed by atoms with Crippen LogP contribution < -0.4 is 10.5 Å². The molecule has 1 fully saturated rings. The smallest absolute Gasteiger partial charge is 0.410 e. The first-order valence-corrected chi connectivity index (χ1v) is 10.3. The summed E-state index contributed by atoms with van der Waals surface area (Å²) < 4.78 is 5.46. The van der Waals surface area contributed by atoms with E-state index in [4.69, 9.17) is 4.74 Å². The third-order valence-electron chi connectivity index (χ3n) is 5.80. The van der Waals surface area contributed by atoms with Gasteiger partial charge in [-0.2, -0.15) is 0 Å². The molecule has 3 heterocycles. The number of nitrogens with one attached hydrogen (secondary N) is 2. The first kappa shape index (κ1) is 19.2. The molecular weight excluding hydrogens is 394 g/mol. The highest BCUT2D eigenvalue weighted by Gasteiger charge is 2.24. The zero-order chi connectivity index (χ0) is 21.4. The highest BCUT2D eigenvalue weighted by Crippen LogP contribution is 2.30. The van der Waals surface area contributed by atoms with Crippen molar-refractivity contribution in [3.05, 3.63) is 70.3 Å². The van der Waals surface area contributed by atoms with E-state index in [1.165, 1.54) is 6.33 Å². The predicted octanol–water partition coefficient (Wildman–Crippen LogP) is 3.17. The van der Waals surface area contributed by atoms with E-state index in [9.17, 15) is 9.59 Å². The summed E-state index contributed by atoms with van der Waals surface area (Å²) in [6.07, 6.45) is 1.13. The number of ether oxygens (including phenoxy) is 1. The number of hydrogen-bond acceptors (Lipinski definition) is 5. The maximum atomic E-state index is 12.4. The summed E-state index contributed by atoms with van der Waals surface area (Å²) >= 11 is 0. The monoisotopic (exact) mass is 417 g/mol. The number of nitrogens with zero attached hydrogens (tertiary/aromatic N) is 3. The zero-order valence-electron chi connectivity index (χ0n) is 17.2. The summed E-state index contributed by atoms with van der Waals surface area (Å²) in [5.74, 6) is 0. The van der Waals surface area contributed by atoms with Gasteiger partial charge in [0.05, 0.1) is 11.7 Å². The molecule has 2 aromatic carbocycles. The molecule has 0 radical (unpaired) electrons. The Balaban J connectivity index is 1.29. The molecule has 1 amide bonds. The van der Waals surface area contributed by atoms with Crippen LogP contribution in [0.1, 0.15) is 11.1 Å². The highest BCUT2D eigenvalue weighted by atomic mass is 16.6. The standard InChI is InChI=1S/C23H23N5O3/c1-15-11-17-18(26-21-20(17)22(29)25-14-24-21)12-19(15)27-7-9-28(10-8-27)23(30)31-13-16-5-3-2-4-6-16/h2-6,11-12,14H,7-10,13H2,1H3,(H2,24,25,26,29). The summed E-state index contributed by atoms with van der Waals surface area (Å²) in [7, 11) is 0. The molecule has 0 bridgehead atoms. The van der Waals surface area contributed by atoms with Crippen molar-refractivity contribution in [3.8, 4) is 0 Å². The number of rotatable bonds is 3. The predicted molar refractivity (Wildman–Crippen MR) is 119 cm³/mol. The third kappa shape index (κ3) is 3.61. The van der Waals surface area contributed by atoms with E-state index >= 15 is 0 Å². The molecule has 8 nitrogen and oxygen atoms in total. The molecule has 5 rings (SSSR count). The van der Waals surface area contributed by atoms with Gasteiger partial charge in [-0.1, -0.05) is 30.3 Å². The average molecular weight is 417 g/mol. The van der Waals surface area contributed by atoms with Crippen LogP contribution in [0, 0.1) is 6.92 Å². The molecule has 1 saturated heterocycles. The lowest BCUT2D eigenvalue weighted by Gasteiger charge is -2.36. The van der Waals surface area contributed by atoms with Gasteiger partial charge in [-0.3, -0.25) is 4.79 Å². The van der Waals surface area contributed by atoms with Crippen molar-refractivity contribution in [3.63, 3.8) is 0 Å². The van der Waals surface area contributed by atoms with Gasteiger partial charge in [-0.15, -0.1) is 0 Å². The molecule has 0 atom stereocenters. The number of hydrogen-bond donors (Lipinski definition) is 2. The number of benzene rings is 2. The molecule has 31 heavy (non-hydrogen) atoms.